The van der Waals surface area contributed by atoms with Gasteiger partial charge in [-0.15, -0.1) is 0 Å². The Morgan fingerprint density at radius 2 is 2.03 bits per heavy atom. The summed E-state index contributed by atoms with van der Waals surface area (Å²) in [6, 6.07) is -2.58. The van der Waals surface area contributed by atoms with Crippen molar-refractivity contribution in [3.8, 4) is 0 Å². The molecule has 29 heavy (non-hydrogen) atoms. The minimum atomic E-state index is -0.906. The highest BCUT2D eigenvalue weighted by Crippen LogP contribution is 2.03. The predicted molar refractivity (Wildman–Crippen MR) is 110 cm³/mol. The number of rotatable bonds is 7. The fourth-order valence-corrected chi connectivity index (χ4v) is 2.61. The van der Waals surface area contributed by atoms with Crippen molar-refractivity contribution >= 4 is 23.8 Å². The first-order valence-corrected chi connectivity index (χ1v) is 9.79. The van der Waals surface area contributed by atoms with E-state index in [0.717, 1.165) is 6.42 Å². The molecule has 0 radical (unpaired) electrons. The first kappa shape index (κ1) is 24.2. The largest absolute Gasteiger partial charge is 0.352 e. The van der Waals surface area contributed by atoms with Gasteiger partial charge < -0.3 is 32.3 Å². The normalized spacial score (nSPS) is 21.1. The average molecular weight is 409 g/mol. The maximum Gasteiger partial charge on any atom is 0.315 e. The van der Waals surface area contributed by atoms with Crippen LogP contribution >= 0.6 is 0 Å². The number of nitrogens with one attached hydrogen (secondary N) is 5. The standard InChI is InChI=1S/C19H32N6O4/c1-13-9-10-16(26)22-12-6-4-8-14(17(27)23-13)24-18(28)15(7-3-5-11-20)25-19(29)21-2/h4,8-10,13-15H,3,5-7,11-12,20H2,1-2H3,(H,22,26)(H,23,27)(H,24,28)(H2,21,25,29). The summed E-state index contributed by atoms with van der Waals surface area (Å²) in [6.45, 7) is 2.62. The molecule has 3 atom stereocenters. The van der Waals surface area contributed by atoms with Crippen LogP contribution in [0.3, 0.4) is 0 Å². The van der Waals surface area contributed by atoms with Gasteiger partial charge in [0.25, 0.3) is 0 Å². The molecule has 0 fully saturated rings. The highest BCUT2D eigenvalue weighted by molar-refractivity contribution is 5.93. The Morgan fingerprint density at radius 1 is 1.28 bits per heavy atom. The molecule has 0 saturated heterocycles. The van der Waals surface area contributed by atoms with Crippen LogP contribution in [0.2, 0.25) is 0 Å². The lowest BCUT2D eigenvalue weighted by atomic mass is 10.1. The zero-order chi connectivity index (χ0) is 21.6. The van der Waals surface area contributed by atoms with Crippen LogP contribution in [-0.4, -0.2) is 62.0 Å². The molecule has 0 saturated carbocycles. The van der Waals surface area contributed by atoms with Crippen LogP contribution in [-0.2, 0) is 14.4 Å². The van der Waals surface area contributed by atoms with Gasteiger partial charge in [0.1, 0.15) is 12.1 Å². The molecule has 5 amide bonds. The van der Waals surface area contributed by atoms with Crippen molar-refractivity contribution < 1.29 is 19.2 Å². The monoisotopic (exact) mass is 408 g/mol. The molecule has 1 aliphatic heterocycles. The zero-order valence-electron chi connectivity index (χ0n) is 17.0. The smallest absolute Gasteiger partial charge is 0.315 e. The van der Waals surface area contributed by atoms with Crippen LogP contribution in [0, 0.1) is 0 Å². The minimum Gasteiger partial charge on any atom is -0.352 e. The number of hydrogen-bond acceptors (Lipinski definition) is 5. The van der Waals surface area contributed by atoms with E-state index in [1.807, 2.05) is 0 Å². The van der Waals surface area contributed by atoms with E-state index in [4.69, 9.17) is 5.73 Å². The summed E-state index contributed by atoms with van der Waals surface area (Å²) in [5.74, 6) is -1.10. The fourth-order valence-electron chi connectivity index (χ4n) is 2.61. The molecule has 1 aliphatic rings. The van der Waals surface area contributed by atoms with Gasteiger partial charge in [-0.2, -0.15) is 0 Å². The molecule has 0 bridgehead atoms. The fraction of sp³-hybridized carbons (Fsp3) is 0.579. The first-order valence-electron chi connectivity index (χ1n) is 9.79. The van der Waals surface area contributed by atoms with Crippen LogP contribution in [0.4, 0.5) is 4.79 Å². The van der Waals surface area contributed by atoms with Gasteiger partial charge in [-0.05, 0) is 39.2 Å². The molecule has 10 nitrogen and oxygen atoms in total. The second kappa shape index (κ2) is 13.3. The number of amides is 5. The Morgan fingerprint density at radius 3 is 2.72 bits per heavy atom. The van der Waals surface area contributed by atoms with Gasteiger partial charge in [0, 0.05) is 25.7 Å². The maximum absolute atomic E-state index is 12.7. The van der Waals surface area contributed by atoms with Crippen molar-refractivity contribution in [2.24, 2.45) is 5.73 Å². The Labute approximate surface area is 171 Å². The lowest BCUT2D eigenvalue weighted by Gasteiger charge is -2.22. The number of nitrogens with two attached hydrogens (primary N) is 1. The predicted octanol–water partition coefficient (Wildman–Crippen LogP) is -0.965. The molecular weight excluding hydrogens is 376 g/mol. The SMILES string of the molecule is CNC(=O)NC(CCCCN)C(=O)NC1C=CCCNC(=O)C=CC(C)NC1=O. The van der Waals surface area contributed by atoms with Gasteiger partial charge in [-0.3, -0.25) is 14.4 Å². The zero-order valence-corrected chi connectivity index (χ0v) is 17.0. The molecule has 3 unspecified atom stereocenters. The van der Waals surface area contributed by atoms with Crippen molar-refractivity contribution in [1.82, 2.24) is 26.6 Å². The van der Waals surface area contributed by atoms with Crippen molar-refractivity contribution in [2.45, 2.75) is 50.7 Å². The van der Waals surface area contributed by atoms with Crippen LogP contribution in [0.5, 0.6) is 0 Å². The highest BCUT2D eigenvalue weighted by atomic mass is 16.2. The van der Waals surface area contributed by atoms with E-state index in [-0.39, 0.29) is 5.91 Å². The lowest BCUT2D eigenvalue weighted by Crippen LogP contribution is -2.55. The van der Waals surface area contributed by atoms with Crippen LogP contribution in [0.15, 0.2) is 24.3 Å². The number of unbranched alkanes of at least 4 members (excludes halogenated alkanes) is 1. The quantitative estimate of drug-likeness (QED) is 0.236. The summed E-state index contributed by atoms with van der Waals surface area (Å²) in [4.78, 5) is 48.6. The van der Waals surface area contributed by atoms with Crippen molar-refractivity contribution in [2.75, 3.05) is 20.1 Å². The van der Waals surface area contributed by atoms with Crippen molar-refractivity contribution in [3.63, 3.8) is 0 Å². The summed E-state index contributed by atoms with van der Waals surface area (Å²) in [7, 11) is 1.46. The first-order chi connectivity index (χ1) is 13.9. The highest BCUT2D eigenvalue weighted by Gasteiger charge is 2.25. The number of carbonyl (C=O) groups excluding carboxylic acids is 4. The van der Waals surface area contributed by atoms with E-state index in [1.165, 1.54) is 13.1 Å². The molecule has 0 aromatic carbocycles. The molecule has 1 heterocycles. The molecule has 162 valence electrons. The number of hydrogen-bond donors (Lipinski definition) is 6. The third kappa shape index (κ3) is 9.74. The summed E-state index contributed by atoms with van der Waals surface area (Å²) < 4.78 is 0. The summed E-state index contributed by atoms with van der Waals surface area (Å²) in [5, 5.41) is 13.1. The van der Waals surface area contributed by atoms with E-state index in [9.17, 15) is 19.2 Å². The second-order valence-electron chi connectivity index (χ2n) is 6.71. The Bertz CT molecular complexity index is 634. The van der Waals surface area contributed by atoms with Crippen molar-refractivity contribution in [1.29, 1.82) is 0 Å². The van der Waals surface area contributed by atoms with Gasteiger partial charge in [0.15, 0.2) is 0 Å². The summed E-state index contributed by atoms with van der Waals surface area (Å²) in [5.41, 5.74) is 5.50. The topological polar surface area (TPSA) is 154 Å². The van der Waals surface area contributed by atoms with Crippen LogP contribution in [0.25, 0.3) is 0 Å². The number of urea groups is 1. The van der Waals surface area contributed by atoms with Crippen LogP contribution < -0.4 is 32.3 Å². The van der Waals surface area contributed by atoms with E-state index >= 15 is 0 Å². The van der Waals surface area contributed by atoms with Gasteiger partial charge >= 0.3 is 6.03 Å². The minimum absolute atomic E-state index is 0.231. The van der Waals surface area contributed by atoms with Crippen molar-refractivity contribution in [3.05, 3.63) is 24.3 Å². The van der Waals surface area contributed by atoms with Gasteiger partial charge in [0.2, 0.25) is 17.7 Å². The molecule has 10 heteroatoms. The Hall–Kier alpha value is -2.88. The molecule has 0 aromatic heterocycles. The Balaban J connectivity index is 2.87. The van der Waals surface area contributed by atoms with E-state index in [2.05, 4.69) is 26.6 Å². The average Bonchev–Trinajstić information content (AvgIpc) is 2.69. The molecular formula is C19H32N6O4. The number of carbonyl (C=O) groups is 4. The maximum atomic E-state index is 12.7. The Kier molecular flexibility index (Phi) is 11.1. The lowest BCUT2D eigenvalue weighted by molar-refractivity contribution is -0.129. The van der Waals surface area contributed by atoms with Crippen LogP contribution in [0.1, 0.15) is 32.6 Å². The van der Waals surface area contributed by atoms with E-state index in [1.54, 1.807) is 25.2 Å². The molecule has 0 spiro atoms. The summed E-state index contributed by atoms with van der Waals surface area (Å²) >= 11 is 0. The van der Waals surface area contributed by atoms with E-state index in [0.29, 0.717) is 32.4 Å². The van der Waals surface area contributed by atoms with Gasteiger partial charge in [-0.1, -0.05) is 18.2 Å². The third-order valence-corrected chi connectivity index (χ3v) is 4.22. The van der Waals surface area contributed by atoms with Gasteiger partial charge in [0.05, 0.1) is 0 Å². The molecule has 1 rings (SSSR count). The van der Waals surface area contributed by atoms with Gasteiger partial charge in [-0.25, -0.2) is 4.79 Å². The van der Waals surface area contributed by atoms with E-state index < -0.39 is 36.0 Å². The second-order valence-corrected chi connectivity index (χ2v) is 6.71. The molecule has 0 aliphatic carbocycles. The molecule has 7 N–H and O–H groups in total. The summed E-state index contributed by atoms with van der Waals surface area (Å²) in [6.07, 6.45) is 8.52. The third-order valence-electron chi connectivity index (χ3n) is 4.22. The molecule has 0 aromatic rings.